The zero-order valence-electron chi connectivity index (χ0n) is 18.7. The largest absolute Gasteiger partial charge is 0.287 e. The van der Waals surface area contributed by atoms with Crippen LogP contribution in [0.4, 0.5) is 0 Å². The monoisotopic (exact) mass is 463 g/mol. The molecular weight excluding hydrogens is 434 g/mol. The van der Waals surface area contributed by atoms with Gasteiger partial charge in [-0.15, -0.1) is 11.3 Å². The molecule has 0 N–H and O–H groups in total. The Balaban J connectivity index is 1.51. The predicted molar refractivity (Wildman–Crippen MR) is 136 cm³/mol. The fraction of sp³-hybridized carbons (Fsp3) is 0.346. The number of thioether (sulfide) groups is 1. The number of fused-ring (bicyclic) bond motifs is 1. The van der Waals surface area contributed by atoms with Gasteiger partial charge in [0.25, 0.3) is 5.56 Å². The van der Waals surface area contributed by atoms with Crippen molar-refractivity contribution >= 4 is 34.0 Å². The van der Waals surface area contributed by atoms with Gasteiger partial charge in [0, 0.05) is 28.9 Å². The summed E-state index contributed by atoms with van der Waals surface area (Å²) in [5, 5.41) is 2.52. The maximum atomic E-state index is 13.2. The van der Waals surface area contributed by atoms with Crippen molar-refractivity contribution < 1.29 is 0 Å². The van der Waals surface area contributed by atoms with Gasteiger partial charge in [-0.2, -0.15) is 0 Å². The number of rotatable bonds is 10. The second-order valence-electron chi connectivity index (χ2n) is 8.40. The van der Waals surface area contributed by atoms with Crippen LogP contribution < -0.4 is 5.56 Å². The molecule has 0 spiro atoms. The topological polar surface area (TPSA) is 47.8 Å². The Labute approximate surface area is 197 Å². The van der Waals surface area contributed by atoms with E-state index < -0.39 is 0 Å². The molecule has 2 aromatic heterocycles. The Hall–Kier alpha value is -2.44. The van der Waals surface area contributed by atoms with Crippen molar-refractivity contribution in [2.24, 2.45) is 5.92 Å². The molecule has 0 unspecified atom stereocenters. The number of benzene rings is 2. The summed E-state index contributed by atoms with van der Waals surface area (Å²) in [6.45, 7) is 5.24. The van der Waals surface area contributed by atoms with Gasteiger partial charge in [-0.1, -0.05) is 87.3 Å². The second kappa shape index (κ2) is 10.9. The van der Waals surface area contributed by atoms with Gasteiger partial charge in [0.1, 0.15) is 5.01 Å². The molecule has 0 saturated carbocycles. The van der Waals surface area contributed by atoms with E-state index in [1.54, 1.807) is 23.1 Å². The zero-order valence-corrected chi connectivity index (χ0v) is 20.3. The van der Waals surface area contributed by atoms with E-state index in [1.807, 2.05) is 53.2 Å². The lowest BCUT2D eigenvalue weighted by Crippen LogP contribution is -2.23. The molecule has 0 bridgehead atoms. The maximum Gasteiger partial charge on any atom is 0.262 e. The molecule has 4 nitrogen and oxygen atoms in total. The summed E-state index contributed by atoms with van der Waals surface area (Å²) in [6, 6.07) is 17.9. The molecule has 0 amide bonds. The van der Waals surface area contributed by atoms with Gasteiger partial charge in [-0.25, -0.2) is 9.97 Å². The van der Waals surface area contributed by atoms with Gasteiger partial charge in [0.05, 0.1) is 10.9 Å². The molecular formula is C26H29N3OS2. The molecule has 4 aromatic rings. The second-order valence-corrected chi connectivity index (χ2v) is 10.5. The smallest absolute Gasteiger partial charge is 0.262 e. The van der Waals surface area contributed by atoms with Crippen molar-refractivity contribution in [3.8, 4) is 10.6 Å². The van der Waals surface area contributed by atoms with Crippen LogP contribution >= 0.6 is 23.1 Å². The first-order valence-electron chi connectivity index (χ1n) is 11.2. The minimum atomic E-state index is 0.0660. The normalized spacial score (nSPS) is 11.5. The van der Waals surface area contributed by atoms with E-state index in [0.717, 1.165) is 52.3 Å². The van der Waals surface area contributed by atoms with E-state index in [9.17, 15) is 4.79 Å². The Morgan fingerprint density at radius 1 is 1.00 bits per heavy atom. The first-order chi connectivity index (χ1) is 15.6. The zero-order chi connectivity index (χ0) is 22.3. The third-order valence-corrected chi connectivity index (χ3v) is 7.66. The fourth-order valence-corrected chi connectivity index (χ4v) is 5.64. The summed E-state index contributed by atoms with van der Waals surface area (Å²) >= 11 is 3.33. The number of hydrogen-bond donors (Lipinski definition) is 0. The highest BCUT2D eigenvalue weighted by Crippen LogP contribution is 2.30. The van der Waals surface area contributed by atoms with Crippen LogP contribution in [-0.2, 0) is 12.3 Å². The minimum Gasteiger partial charge on any atom is -0.287 e. The van der Waals surface area contributed by atoms with Crippen molar-refractivity contribution in [3.63, 3.8) is 0 Å². The van der Waals surface area contributed by atoms with E-state index in [1.165, 1.54) is 17.7 Å². The Kier molecular flexibility index (Phi) is 7.76. The van der Waals surface area contributed by atoms with Gasteiger partial charge in [-0.3, -0.25) is 9.36 Å². The summed E-state index contributed by atoms with van der Waals surface area (Å²) in [5.41, 5.74) is 1.97. The van der Waals surface area contributed by atoms with Crippen LogP contribution in [0.25, 0.3) is 21.5 Å². The van der Waals surface area contributed by atoms with Crippen molar-refractivity contribution in [2.75, 3.05) is 0 Å². The SMILES string of the molecule is CC(C)CCCCCn1c(SCc2cnc(-c3ccccc3)s2)nc2ccccc2c1=O. The summed E-state index contributed by atoms with van der Waals surface area (Å²) in [7, 11) is 0. The maximum absolute atomic E-state index is 13.2. The average molecular weight is 464 g/mol. The number of aromatic nitrogens is 3. The summed E-state index contributed by atoms with van der Waals surface area (Å²) < 4.78 is 1.88. The van der Waals surface area contributed by atoms with Gasteiger partial charge in [0.2, 0.25) is 0 Å². The number of unbranched alkanes of at least 4 members (excludes halogenated alkanes) is 2. The number of nitrogens with zero attached hydrogens (tertiary/aromatic N) is 3. The van der Waals surface area contributed by atoms with Crippen LogP contribution in [0.2, 0.25) is 0 Å². The quantitative estimate of drug-likeness (QED) is 0.144. The Bertz CT molecular complexity index is 1210. The highest BCUT2D eigenvalue weighted by Gasteiger charge is 2.13. The molecule has 0 fully saturated rings. The van der Waals surface area contributed by atoms with E-state index in [2.05, 4.69) is 31.0 Å². The van der Waals surface area contributed by atoms with Gasteiger partial charge in [0.15, 0.2) is 5.16 Å². The highest BCUT2D eigenvalue weighted by molar-refractivity contribution is 7.98. The predicted octanol–water partition coefficient (Wildman–Crippen LogP) is 7.03. The summed E-state index contributed by atoms with van der Waals surface area (Å²) in [5.74, 6) is 1.48. The minimum absolute atomic E-state index is 0.0660. The van der Waals surface area contributed by atoms with Crippen LogP contribution in [0.1, 0.15) is 44.4 Å². The molecule has 2 heterocycles. The van der Waals surface area contributed by atoms with Crippen LogP contribution in [-0.4, -0.2) is 14.5 Å². The fourth-order valence-electron chi connectivity index (χ4n) is 3.68. The van der Waals surface area contributed by atoms with Crippen molar-refractivity contribution in [2.45, 2.75) is 57.0 Å². The summed E-state index contributed by atoms with van der Waals surface area (Å²) in [4.78, 5) is 23.8. The van der Waals surface area contributed by atoms with E-state index in [0.29, 0.717) is 5.39 Å². The van der Waals surface area contributed by atoms with E-state index in [-0.39, 0.29) is 5.56 Å². The van der Waals surface area contributed by atoms with E-state index >= 15 is 0 Å². The highest BCUT2D eigenvalue weighted by atomic mass is 32.2. The number of thiazole rings is 1. The van der Waals surface area contributed by atoms with Crippen LogP contribution in [0.5, 0.6) is 0 Å². The molecule has 4 rings (SSSR count). The molecule has 6 heteroatoms. The molecule has 166 valence electrons. The number of hydrogen-bond acceptors (Lipinski definition) is 5. The third kappa shape index (κ3) is 5.67. The van der Waals surface area contributed by atoms with Crippen LogP contribution in [0.3, 0.4) is 0 Å². The Morgan fingerprint density at radius 3 is 2.59 bits per heavy atom. The van der Waals surface area contributed by atoms with E-state index in [4.69, 9.17) is 4.98 Å². The van der Waals surface area contributed by atoms with Crippen molar-refractivity contribution in [1.82, 2.24) is 14.5 Å². The molecule has 0 radical (unpaired) electrons. The van der Waals surface area contributed by atoms with Crippen LogP contribution in [0.15, 0.2) is 70.7 Å². The molecule has 0 saturated heterocycles. The van der Waals surface area contributed by atoms with Crippen LogP contribution in [0, 0.1) is 5.92 Å². The summed E-state index contributed by atoms with van der Waals surface area (Å²) in [6.07, 6.45) is 6.52. The lowest BCUT2D eigenvalue weighted by molar-refractivity contribution is 0.489. The van der Waals surface area contributed by atoms with Gasteiger partial charge >= 0.3 is 0 Å². The first-order valence-corrected chi connectivity index (χ1v) is 13.0. The third-order valence-electron chi connectivity index (χ3n) is 5.41. The molecule has 32 heavy (non-hydrogen) atoms. The Morgan fingerprint density at radius 2 is 1.78 bits per heavy atom. The van der Waals surface area contributed by atoms with Crippen molar-refractivity contribution in [3.05, 3.63) is 76.0 Å². The molecule has 0 aliphatic heterocycles. The molecule has 0 atom stereocenters. The van der Waals surface area contributed by atoms with Gasteiger partial charge < -0.3 is 0 Å². The lowest BCUT2D eigenvalue weighted by Gasteiger charge is -2.13. The standard InChI is InChI=1S/C26H29N3OS2/c1-19(2)11-5-4-10-16-29-25(30)22-14-8-9-15-23(22)28-26(29)31-18-21-17-27-24(32-21)20-12-6-3-7-13-20/h3,6-9,12-15,17,19H,4-5,10-11,16,18H2,1-2H3. The number of para-hydroxylation sites is 1. The molecule has 2 aromatic carbocycles. The first kappa shape index (κ1) is 22.7. The molecule has 0 aliphatic rings. The lowest BCUT2D eigenvalue weighted by atomic mass is 10.1. The average Bonchev–Trinajstić information content (AvgIpc) is 3.28. The van der Waals surface area contributed by atoms with Gasteiger partial charge in [-0.05, 0) is 24.5 Å². The molecule has 0 aliphatic carbocycles. The van der Waals surface area contributed by atoms with Crippen molar-refractivity contribution in [1.29, 1.82) is 0 Å².